The van der Waals surface area contributed by atoms with E-state index in [9.17, 15) is 4.79 Å². The van der Waals surface area contributed by atoms with Crippen LogP contribution in [0.3, 0.4) is 0 Å². The molecule has 0 unspecified atom stereocenters. The van der Waals surface area contributed by atoms with Crippen molar-refractivity contribution in [1.29, 1.82) is 0 Å². The Labute approximate surface area is 132 Å². The van der Waals surface area contributed by atoms with Gasteiger partial charge in [-0.2, -0.15) is 0 Å². The van der Waals surface area contributed by atoms with E-state index in [-0.39, 0.29) is 0 Å². The second-order valence-corrected chi connectivity index (χ2v) is 19.1. The molecular weight excluding hydrogens is 290 g/mol. The normalized spacial score (nSPS) is 12.6. The Hall–Kier alpha value is -0.876. The van der Waals surface area contributed by atoms with Crippen molar-refractivity contribution >= 4 is 22.1 Å². The number of rotatable bonds is 6. The summed E-state index contributed by atoms with van der Waals surface area (Å²) in [4.78, 5) is 14.8. The monoisotopic (exact) mass is 321 g/mol. The second kappa shape index (κ2) is 6.92. The summed E-state index contributed by atoms with van der Waals surface area (Å²) in [6.45, 7) is 17.1. The van der Waals surface area contributed by atoms with Crippen molar-refractivity contribution < 1.29 is 4.79 Å². The third kappa shape index (κ3) is 5.11. The van der Waals surface area contributed by atoms with Crippen LogP contribution in [-0.4, -0.2) is 32.2 Å². The van der Waals surface area contributed by atoms with Crippen molar-refractivity contribution in [2.75, 3.05) is 0 Å². The SMILES string of the molecule is CCC(=O)N(Cc1ccccc1)C([Si](C)(C)C)[Si](C)(C)C. The molecule has 4 heteroatoms. The summed E-state index contributed by atoms with van der Waals surface area (Å²) in [5.41, 5.74) is 1.24. The molecule has 21 heavy (non-hydrogen) atoms. The zero-order valence-corrected chi connectivity index (χ0v) is 16.7. The number of hydrogen-bond acceptors (Lipinski definition) is 1. The minimum atomic E-state index is -1.45. The largest absolute Gasteiger partial charge is 0.341 e. The van der Waals surface area contributed by atoms with Crippen LogP contribution in [0.1, 0.15) is 18.9 Å². The molecule has 1 aromatic rings. The minimum Gasteiger partial charge on any atom is -0.341 e. The Kier molecular flexibility index (Phi) is 5.99. The van der Waals surface area contributed by atoms with E-state index in [1.165, 1.54) is 5.56 Å². The Morgan fingerprint density at radius 2 is 1.48 bits per heavy atom. The van der Waals surface area contributed by atoms with Crippen LogP contribution in [0, 0.1) is 0 Å². The summed E-state index contributed by atoms with van der Waals surface area (Å²) in [6, 6.07) is 10.4. The molecule has 0 aromatic heterocycles. The number of carbonyl (C=O) groups is 1. The molecule has 0 aliphatic carbocycles. The van der Waals surface area contributed by atoms with E-state index >= 15 is 0 Å². The molecule has 0 aliphatic rings. The molecule has 0 saturated carbocycles. The summed E-state index contributed by atoms with van der Waals surface area (Å²) in [5, 5.41) is 0.470. The lowest BCUT2D eigenvalue weighted by Gasteiger charge is -2.46. The highest BCUT2D eigenvalue weighted by Crippen LogP contribution is 2.27. The average molecular weight is 322 g/mol. The summed E-state index contributed by atoms with van der Waals surface area (Å²) in [5.74, 6) is 0.300. The fourth-order valence-corrected chi connectivity index (χ4v) is 16.3. The van der Waals surface area contributed by atoms with Crippen LogP contribution < -0.4 is 0 Å². The van der Waals surface area contributed by atoms with Crippen molar-refractivity contribution in [3.05, 3.63) is 35.9 Å². The molecule has 0 fully saturated rings. The van der Waals surface area contributed by atoms with Crippen LogP contribution in [0.2, 0.25) is 39.3 Å². The maximum atomic E-state index is 12.6. The lowest BCUT2D eigenvalue weighted by atomic mass is 10.2. The molecule has 2 nitrogen and oxygen atoms in total. The van der Waals surface area contributed by atoms with Gasteiger partial charge in [0.15, 0.2) is 0 Å². The van der Waals surface area contributed by atoms with Crippen molar-refractivity contribution in [1.82, 2.24) is 4.90 Å². The smallest absolute Gasteiger partial charge is 0.222 e. The first-order valence-electron chi connectivity index (χ1n) is 7.90. The fourth-order valence-electron chi connectivity index (χ4n) is 3.54. The predicted molar refractivity (Wildman–Crippen MR) is 97.8 cm³/mol. The highest BCUT2D eigenvalue weighted by molar-refractivity contribution is 6.96. The summed E-state index contributed by atoms with van der Waals surface area (Å²) < 4.78 is 0. The molecule has 0 bridgehead atoms. The Balaban J connectivity index is 3.19. The van der Waals surface area contributed by atoms with Gasteiger partial charge in [0.25, 0.3) is 0 Å². The van der Waals surface area contributed by atoms with Crippen molar-refractivity contribution in [2.24, 2.45) is 0 Å². The Bertz CT molecular complexity index is 446. The molecule has 1 amide bonds. The van der Waals surface area contributed by atoms with Crippen LogP contribution in [0.5, 0.6) is 0 Å². The minimum absolute atomic E-state index is 0.300. The first-order valence-corrected chi connectivity index (χ1v) is 15.1. The highest BCUT2D eigenvalue weighted by atomic mass is 28.4. The van der Waals surface area contributed by atoms with Gasteiger partial charge in [0, 0.05) is 18.3 Å². The van der Waals surface area contributed by atoms with Gasteiger partial charge < -0.3 is 4.90 Å². The quantitative estimate of drug-likeness (QED) is 0.704. The predicted octanol–water partition coefficient (Wildman–Crippen LogP) is 4.55. The first kappa shape index (κ1) is 18.2. The van der Waals surface area contributed by atoms with Gasteiger partial charge in [0.1, 0.15) is 0 Å². The summed E-state index contributed by atoms with van der Waals surface area (Å²) in [6.07, 6.45) is 0.596. The van der Waals surface area contributed by atoms with Gasteiger partial charge in [-0.1, -0.05) is 76.5 Å². The maximum absolute atomic E-state index is 12.6. The van der Waals surface area contributed by atoms with Crippen LogP contribution in [0.4, 0.5) is 0 Å². The Morgan fingerprint density at radius 1 is 1.00 bits per heavy atom. The Morgan fingerprint density at radius 3 is 1.86 bits per heavy atom. The molecule has 0 heterocycles. The molecule has 118 valence electrons. The zero-order chi connectivity index (χ0) is 16.3. The summed E-state index contributed by atoms with van der Waals surface area (Å²) in [7, 11) is -2.90. The molecule has 0 radical (unpaired) electrons. The van der Waals surface area contributed by atoms with Crippen LogP contribution in [0.15, 0.2) is 30.3 Å². The first-order chi connectivity index (χ1) is 9.57. The van der Waals surface area contributed by atoms with E-state index in [2.05, 4.69) is 68.4 Å². The third-order valence-electron chi connectivity index (χ3n) is 3.77. The van der Waals surface area contributed by atoms with Gasteiger partial charge in [-0.15, -0.1) is 0 Å². The van der Waals surface area contributed by atoms with Crippen LogP contribution in [0.25, 0.3) is 0 Å². The van der Waals surface area contributed by atoms with Crippen molar-refractivity contribution in [3.63, 3.8) is 0 Å². The number of hydrogen-bond donors (Lipinski definition) is 0. The lowest BCUT2D eigenvalue weighted by Crippen LogP contribution is -2.64. The zero-order valence-electron chi connectivity index (χ0n) is 14.7. The van der Waals surface area contributed by atoms with Gasteiger partial charge in [-0.05, 0) is 5.56 Å². The average Bonchev–Trinajstić information content (AvgIpc) is 2.35. The standard InChI is InChI=1S/C17H31NOSi2/c1-8-16(19)18(14-15-12-10-9-11-13-15)17(20(2,3)4)21(5,6)7/h9-13,17H,8,14H2,1-7H3. The third-order valence-corrected chi connectivity index (χ3v) is 12.9. The molecular formula is C17H31NOSi2. The van der Waals surface area contributed by atoms with E-state index in [0.717, 1.165) is 6.54 Å². The number of nitrogens with zero attached hydrogens (tertiary/aromatic N) is 1. The van der Waals surface area contributed by atoms with Gasteiger partial charge in [-0.3, -0.25) is 4.79 Å². The van der Waals surface area contributed by atoms with E-state index in [1.807, 2.05) is 13.0 Å². The van der Waals surface area contributed by atoms with Gasteiger partial charge in [-0.25, -0.2) is 0 Å². The van der Waals surface area contributed by atoms with Crippen LogP contribution >= 0.6 is 0 Å². The molecule has 0 spiro atoms. The molecule has 0 saturated heterocycles. The second-order valence-electron chi connectivity index (χ2n) is 8.00. The fraction of sp³-hybridized carbons (Fsp3) is 0.588. The van der Waals surface area contributed by atoms with E-state index in [1.54, 1.807) is 0 Å². The maximum Gasteiger partial charge on any atom is 0.222 e. The molecule has 1 rings (SSSR count). The molecule has 0 N–H and O–H groups in total. The van der Waals surface area contributed by atoms with Crippen LogP contribution in [-0.2, 0) is 11.3 Å². The van der Waals surface area contributed by atoms with E-state index < -0.39 is 16.1 Å². The van der Waals surface area contributed by atoms with Crippen molar-refractivity contribution in [2.45, 2.75) is 64.5 Å². The number of carbonyl (C=O) groups excluding carboxylic acids is 1. The van der Waals surface area contributed by atoms with Gasteiger partial charge >= 0.3 is 0 Å². The lowest BCUT2D eigenvalue weighted by molar-refractivity contribution is -0.131. The molecule has 0 atom stereocenters. The topological polar surface area (TPSA) is 20.3 Å². The van der Waals surface area contributed by atoms with Crippen molar-refractivity contribution in [3.8, 4) is 0 Å². The number of amides is 1. The van der Waals surface area contributed by atoms with Gasteiger partial charge in [0.05, 0.1) is 16.1 Å². The molecule has 0 aliphatic heterocycles. The number of benzene rings is 1. The summed E-state index contributed by atoms with van der Waals surface area (Å²) >= 11 is 0. The molecule has 1 aromatic carbocycles. The van der Waals surface area contributed by atoms with E-state index in [0.29, 0.717) is 17.6 Å². The highest BCUT2D eigenvalue weighted by Gasteiger charge is 2.43. The van der Waals surface area contributed by atoms with Gasteiger partial charge in [0.2, 0.25) is 5.91 Å². The van der Waals surface area contributed by atoms with E-state index in [4.69, 9.17) is 0 Å².